The molecule has 5 nitrogen and oxygen atoms in total. The van der Waals surface area contributed by atoms with E-state index in [0.29, 0.717) is 5.92 Å². The van der Waals surface area contributed by atoms with Gasteiger partial charge in [0.25, 0.3) is 0 Å². The van der Waals surface area contributed by atoms with Crippen LogP contribution in [0.1, 0.15) is 51.0 Å². The molecule has 3 aromatic rings. The molecule has 0 bridgehead atoms. The number of benzene rings is 2. The Morgan fingerprint density at radius 3 is 2.35 bits per heavy atom. The standard InChI is InChI=1S/C29H35N3O2/c1-3-31-16-18-32(19-17-31)29-27-7-5-4-6-25(27)20-28(30-29)24-10-8-22(9-11-24)23-12-14-26(15-13-23)34-21(2)33/h4-11,20,23,26H,3,12-19H2,1-2H3/t23-,26+. The van der Waals surface area contributed by atoms with E-state index in [4.69, 9.17) is 9.72 Å². The molecule has 2 aromatic carbocycles. The summed E-state index contributed by atoms with van der Waals surface area (Å²) in [6, 6.07) is 19.8. The third-order valence-corrected chi connectivity index (χ3v) is 7.52. The molecule has 5 heteroatoms. The van der Waals surface area contributed by atoms with Crippen molar-refractivity contribution < 1.29 is 9.53 Å². The van der Waals surface area contributed by atoms with Crippen molar-refractivity contribution in [1.29, 1.82) is 0 Å². The largest absolute Gasteiger partial charge is 0.463 e. The average molecular weight is 458 g/mol. The molecule has 0 N–H and O–H groups in total. The molecule has 1 aromatic heterocycles. The van der Waals surface area contributed by atoms with Gasteiger partial charge in [0.05, 0.1) is 5.69 Å². The monoisotopic (exact) mass is 457 g/mol. The SMILES string of the molecule is CCN1CCN(c2nc(-c3ccc([C@H]4CC[C@@H](OC(C)=O)CC4)cc3)cc3ccccc23)CC1. The zero-order valence-electron chi connectivity index (χ0n) is 20.4. The van der Waals surface area contributed by atoms with E-state index in [2.05, 4.69) is 71.3 Å². The summed E-state index contributed by atoms with van der Waals surface area (Å²) in [5, 5.41) is 2.48. The van der Waals surface area contributed by atoms with Gasteiger partial charge in [0.15, 0.2) is 0 Å². The highest BCUT2D eigenvalue weighted by molar-refractivity contribution is 5.95. The van der Waals surface area contributed by atoms with Gasteiger partial charge in [-0.05, 0) is 55.2 Å². The van der Waals surface area contributed by atoms with Crippen LogP contribution in [0.15, 0.2) is 54.6 Å². The van der Waals surface area contributed by atoms with Gasteiger partial charge in [0.2, 0.25) is 0 Å². The van der Waals surface area contributed by atoms with Crippen LogP contribution in [0.4, 0.5) is 5.82 Å². The van der Waals surface area contributed by atoms with E-state index >= 15 is 0 Å². The topological polar surface area (TPSA) is 45.7 Å². The highest BCUT2D eigenvalue weighted by Gasteiger charge is 2.24. The fourth-order valence-electron chi connectivity index (χ4n) is 5.52. The Balaban J connectivity index is 1.37. The van der Waals surface area contributed by atoms with E-state index in [0.717, 1.165) is 75.5 Å². The molecule has 1 aliphatic heterocycles. The smallest absolute Gasteiger partial charge is 0.302 e. The minimum absolute atomic E-state index is 0.0902. The van der Waals surface area contributed by atoms with Gasteiger partial charge in [-0.25, -0.2) is 4.98 Å². The first-order valence-corrected chi connectivity index (χ1v) is 12.8. The highest BCUT2D eigenvalue weighted by atomic mass is 16.5. The summed E-state index contributed by atoms with van der Waals surface area (Å²) in [7, 11) is 0. The molecular formula is C29H35N3O2. The number of esters is 1. The van der Waals surface area contributed by atoms with E-state index in [1.165, 1.54) is 23.3 Å². The third-order valence-electron chi connectivity index (χ3n) is 7.52. The molecule has 1 saturated heterocycles. The lowest BCUT2D eigenvalue weighted by molar-refractivity contribution is -0.147. The molecule has 0 spiro atoms. The Hall–Kier alpha value is -2.92. The van der Waals surface area contributed by atoms with Gasteiger partial charge in [0, 0.05) is 44.1 Å². The normalized spacial score (nSPS) is 21.5. The molecule has 0 atom stereocenters. The molecule has 1 aliphatic carbocycles. The Labute approximate surface area is 202 Å². The number of pyridine rings is 1. The number of carbonyl (C=O) groups excluding carboxylic acids is 1. The number of nitrogens with zero attached hydrogens (tertiary/aromatic N) is 3. The van der Waals surface area contributed by atoms with Crippen molar-refractivity contribution in [3.8, 4) is 11.3 Å². The van der Waals surface area contributed by atoms with Crippen molar-refractivity contribution in [3.05, 3.63) is 60.2 Å². The Morgan fingerprint density at radius 2 is 1.68 bits per heavy atom. The molecule has 178 valence electrons. The van der Waals surface area contributed by atoms with E-state index in [-0.39, 0.29) is 12.1 Å². The quantitative estimate of drug-likeness (QED) is 0.465. The fraction of sp³-hybridized carbons (Fsp3) is 0.448. The fourth-order valence-corrected chi connectivity index (χ4v) is 5.52. The molecule has 34 heavy (non-hydrogen) atoms. The van der Waals surface area contributed by atoms with Crippen LogP contribution in [0.5, 0.6) is 0 Å². The Morgan fingerprint density at radius 1 is 0.971 bits per heavy atom. The molecule has 2 fully saturated rings. The van der Waals surface area contributed by atoms with Crippen molar-refractivity contribution in [3.63, 3.8) is 0 Å². The first kappa shape index (κ1) is 22.9. The predicted molar refractivity (Wildman–Crippen MR) is 138 cm³/mol. The van der Waals surface area contributed by atoms with Crippen LogP contribution in [0.3, 0.4) is 0 Å². The zero-order chi connectivity index (χ0) is 23.5. The second-order valence-corrected chi connectivity index (χ2v) is 9.68. The number of aromatic nitrogens is 1. The van der Waals surface area contributed by atoms with Crippen molar-refractivity contribution in [2.45, 2.75) is 51.6 Å². The molecule has 0 radical (unpaired) electrons. The molecular weight excluding hydrogens is 422 g/mol. The summed E-state index contributed by atoms with van der Waals surface area (Å²) < 4.78 is 5.41. The Kier molecular flexibility index (Phi) is 6.82. The van der Waals surface area contributed by atoms with Gasteiger partial charge in [0.1, 0.15) is 11.9 Å². The van der Waals surface area contributed by atoms with E-state index in [1.807, 2.05) is 0 Å². The van der Waals surface area contributed by atoms with Gasteiger partial charge < -0.3 is 14.5 Å². The van der Waals surface area contributed by atoms with Gasteiger partial charge in [-0.1, -0.05) is 55.5 Å². The van der Waals surface area contributed by atoms with Gasteiger partial charge in [-0.15, -0.1) is 0 Å². The highest BCUT2D eigenvalue weighted by Crippen LogP contribution is 2.36. The van der Waals surface area contributed by atoms with E-state index < -0.39 is 0 Å². The average Bonchev–Trinajstić information content (AvgIpc) is 2.88. The van der Waals surface area contributed by atoms with Crippen LogP contribution in [0, 0.1) is 0 Å². The number of hydrogen-bond donors (Lipinski definition) is 0. The predicted octanol–water partition coefficient (Wildman–Crippen LogP) is 5.63. The molecule has 2 heterocycles. The van der Waals surface area contributed by atoms with E-state index in [9.17, 15) is 4.79 Å². The van der Waals surface area contributed by atoms with Crippen LogP contribution >= 0.6 is 0 Å². The number of rotatable bonds is 5. The summed E-state index contributed by atoms with van der Waals surface area (Å²) in [5.41, 5.74) is 3.58. The second kappa shape index (κ2) is 10.1. The number of piperazine rings is 1. The summed E-state index contributed by atoms with van der Waals surface area (Å²) in [6.07, 6.45) is 4.13. The molecule has 2 aliphatic rings. The lowest BCUT2D eigenvalue weighted by atomic mass is 9.82. The lowest BCUT2D eigenvalue weighted by Gasteiger charge is -2.35. The van der Waals surface area contributed by atoms with Crippen LogP contribution in [-0.4, -0.2) is 54.7 Å². The van der Waals surface area contributed by atoms with Gasteiger partial charge in [-0.2, -0.15) is 0 Å². The number of carbonyl (C=O) groups is 1. The first-order chi connectivity index (χ1) is 16.6. The number of anilines is 1. The van der Waals surface area contributed by atoms with Crippen LogP contribution in [0.25, 0.3) is 22.0 Å². The second-order valence-electron chi connectivity index (χ2n) is 9.68. The molecule has 0 amide bonds. The molecule has 5 rings (SSSR count). The van der Waals surface area contributed by atoms with Crippen LogP contribution < -0.4 is 4.90 Å². The minimum Gasteiger partial charge on any atom is -0.463 e. The maximum atomic E-state index is 11.2. The van der Waals surface area contributed by atoms with Crippen molar-refractivity contribution in [2.24, 2.45) is 0 Å². The molecule has 1 saturated carbocycles. The Bertz CT molecular complexity index is 1130. The number of hydrogen-bond acceptors (Lipinski definition) is 5. The van der Waals surface area contributed by atoms with Crippen molar-refractivity contribution >= 4 is 22.6 Å². The molecule has 0 unspecified atom stereocenters. The maximum Gasteiger partial charge on any atom is 0.302 e. The van der Waals surface area contributed by atoms with Crippen molar-refractivity contribution in [1.82, 2.24) is 9.88 Å². The van der Waals surface area contributed by atoms with Crippen LogP contribution in [0.2, 0.25) is 0 Å². The number of likely N-dealkylation sites (N-methyl/N-ethyl adjacent to an activating group) is 1. The maximum absolute atomic E-state index is 11.2. The summed E-state index contributed by atoms with van der Waals surface area (Å²) >= 11 is 0. The van der Waals surface area contributed by atoms with Gasteiger partial charge in [-0.3, -0.25) is 4.79 Å². The van der Waals surface area contributed by atoms with Crippen molar-refractivity contribution in [2.75, 3.05) is 37.6 Å². The zero-order valence-corrected chi connectivity index (χ0v) is 20.4. The van der Waals surface area contributed by atoms with E-state index in [1.54, 1.807) is 0 Å². The van der Waals surface area contributed by atoms with Gasteiger partial charge >= 0.3 is 5.97 Å². The number of ether oxygens (including phenoxy) is 1. The lowest BCUT2D eigenvalue weighted by Crippen LogP contribution is -2.46. The van der Waals surface area contributed by atoms with Crippen LogP contribution in [-0.2, 0) is 9.53 Å². The summed E-state index contributed by atoms with van der Waals surface area (Å²) in [6.45, 7) is 9.06. The summed E-state index contributed by atoms with van der Waals surface area (Å²) in [5.74, 6) is 1.48. The first-order valence-electron chi connectivity index (χ1n) is 12.8. The third kappa shape index (κ3) is 4.95. The summed E-state index contributed by atoms with van der Waals surface area (Å²) in [4.78, 5) is 21.4. The number of fused-ring (bicyclic) bond motifs is 1. The minimum atomic E-state index is -0.165.